The second-order valence-corrected chi connectivity index (χ2v) is 11.1. The van der Waals surface area contributed by atoms with E-state index in [1.807, 2.05) is 24.3 Å². The number of carbonyl (C=O) groups is 1. The van der Waals surface area contributed by atoms with Gasteiger partial charge in [0.25, 0.3) is 5.91 Å². The number of piperidine rings is 1. The topological polar surface area (TPSA) is 57.3 Å². The number of rotatable bonds is 3. The van der Waals surface area contributed by atoms with E-state index in [9.17, 15) is 4.79 Å². The van der Waals surface area contributed by atoms with Crippen molar-refractivity contribution in [2.75, 3.05) is 11.4 Å². The summed E-state index contributed by atoms with van der Waals surface area (Å²) in [5, 5.41) is 8.14. The number of anilines is 2. The Morgan fingerprint density at radius 3 is 2.42 bits per heavy atom. The molecular weight excluding hydrogens is 408 g/mol. The summed E-state index contributed by atoms with van der Waals surface area (Å²) >= 11 is 0. The summed E-state index contributed by atoms with van der Waals surface area (Å²) in [5.41, 5.74) is 5.32. The Labute approximate surface area is 196 Å². The van der Waals surface area contributed by atoms with Crippen LogP contribution in [-0.4, -0.2) is 34.6 Å². The van der Waals surface area contributed by atoms with Crippen molar-refractivity contribution in [1.29, 1.82) is 0 Å². The average Bonchev–Trinajstić information content (AvgIpc) is 3.12. The fourth-order valence-electron chi connectivity index (χ4n) is 5.80. The van der Waals surface area contributed by atoms with Gasteiger partial charge in [-0.25, -0.2) is 4.98 Å². The summed E-state index contributed by atoms with van der Waals surface area (Å²) in [6.07, 6.45) is 2.82. The molecular formula is C28H34N4O. The Morgan fingerprint density at radius 1 is 1.03 bits per heavy atom. The van der Waals surface area contributed by atoms with Gasteiger partial charge >= 0.3 is 0 Å². The second kappa shape index (κ2) is 7.84. The highest BCUT2D eigenvalue weighted by Gasteiger charge is 2.38. The number of aromatic nitrogens is 1. The van der Waals surface area contributed by atoms with Gasteiger partial charge in [0.05, 0.1) is 5.52 Å². The molecule has 1 fully saturated rings. The van der Waals surface area contributed by atoms with Gasteiger partial charge in [-0.2, -0.15) is 0 Å². The molecule has 5 rings (SSSR count). The minimum Gasteiger partial charge on any atom is -0.349 e. The van der Waals surface area contributed by atoms with Crippen molar-refractivity contribution in [3.05, 3.63) is 65.2 Å². The Morgan fingerprint density at radius 2 is 1.73 bits per heavy atom. The molecule has 1 saturated heterocycles. The van der Waals surface area contributed by atoms with E-state index in [0.717, 1.165) is 42.8 Å². The van der Waals surface area contributed by atoms with Crippen molar-refractivity contribution in [3.8, 4) is 0 Å². The van der Waals surface area contributed by atoms with Gasteiger partial charge in [-0.15, -0.1) is 0 Å². The summed E-state index contributed by atoms with van der Waals surface area (Å²) in [5.74, 6) is 1.03. The van der Waals surface area contributed by atoms with E-state index in [-0.39, 0.29) is 23.0 Å². The first-order chi connectivity index (χ1) is 15.6. The Hall–Kier alpha value is -2.92. The third-order valence-electron chi connectivity index (χ3n) is 6.86. The number of nitrogens with one attached hydrogen (secondary N) is 2. The van der Waals surface area contributed by atoms with Crippen molar-refractivity contribution >= 4 is 28.3 Å². The first-order valence-corrected chi connectivity index (χ1v) is 12.0. The molecule has 33 heavy (non-hydrogen) atoms. The van der Waals surface area contributed by atoms with E-state index in [2.05, 4.69) is 74.4 Å². The Balaban J connectivity index is 1.33. The van der Waals surface area contributed by atoms with Crippen molar-refractivity contribution in [2.45, 2.75) is 71.0 Å². The molecule has 0 bridgehead atoms. The fraction of sp³-hybridized carbons (Fsp3) is 0.429. The zero-order valence-electron chi connectivity index (χ0n) is 20.3. The molecule has 172 valence electrons. The van der Waals surface area contributed by atoms with Crippen LogP contribution in [0.15, 0.2) is 48.5 Å². The second-order valence-electron chi connectivity index (χ2n) is 11.1. The highest BCUT2D eigenvalue weighted by atomic mass is 16.1. The number of amides is 1. The average molecular weight is 443 g/mol. The van der Waals surface area contributed by atoms with Crippen LogP contribution < -0.4 is 15.5 Å². The van der Waals surface area contributed by atoms with Crippen LogP contribution in [0.5, 0.6) is 0 Å². The molecule has 1 aromatic heterocycles. The number of benzene rings is 2. The molecule has 2 aromatic carbocycles. The monoisotopic (exact) mass is 442 g/mol. The zero-order valence-corrected chi connectivity index (χ0v) is 20.3. The van der Waals surface area contributed by atoms with Crippen molar-refractivity contribution in [2.24, 2.45) is 0 Å². The van der Waals surface area contributed by atoms with Gasteiger partial charge in [0.15, 0.2) is 0 Å². The van der Waals surface area contributed by atoms with Crippen molar-refractivity contribution < 1.29 is 4.79 Å². The van der Waals surface area contributed by atoms with Crippen LogP contribution in [0.2, 0.25) is 0 Å². The minimum atomic E-state index is 0.00136. The highest BCUT2D eigenvalue weighted by molar-refractivity contribution is 5.95. The molecule has 2 aliphatic rings. The van der Waals surface area contributed by atoms with Gasteiger partial charge in [0.1, 0.15) is 5.82 Å². The summed E-state index contributed by atoms with van der Waals surface area (Å²) in [4.78, 5) is 20.2. The summed E-state index contributed by atoms with van der Waals surface area (Å²) in [6.45, 7) is 11.8. The van der Waals surface area contributed by atoms with Gasteiger partial charge in [0, 0.05) is 40.3 Å². The molecule has 5 nitrogen and oxygen atoms in total. The van der Waals surface area contributed by atoms with E-state index in [4.69, 9.17) is 4.98 Å². The zero-order chi connectivity index (χ0) is 23.4. The molecule has 2 N–H and O–H groups in total. The van der Waals surface area contributed by atoms with Crippen LogP contribution in [0.4, 0.5) is 11.5 Å². The summed E-state index contributed by atoms with van der Waals surface area (Å²) < 4.78 is 0. The van der Waals surface area contributed by atoms with E-state index in [1.54, 1.807) is 0 Å². The molecule has 0 atom stereocenters. The van der Waals surface area contributed by atoms with Gasteiger partial charge in [0.2, 0.25) is 0 Å². The molecule has 3 heterocycles. The summed E-state index contributed by atoms with van der Waals surface area (Å²) in [7, 11) is 0. The van der Waals surface area contributed by atoms with Crippen LogP contribution in [0.25, 0.3) is 10.9 Å². The molecule has 0 aliphatic carbocycles. The van der Waals surface area contributed by atoms with Gasteiger partial charge in [-0.05, 0) is 101 Å². The molecule has 5 heteroatoms. The number of nitrogens with zero attached hydrogens (tertiary/aromatic N) is 2. The highest BCUT2D eigenvalue weighted by Crippen LogP contribution is 2.35. The first kappa shape index (κ1) is 21.9. The number of carbonyl (C=O) groups excluding carboxylic acids is 1. The first-order valence-electron chi connectivity index (χ1n) is 12.0. The minimum absolute atomic E-state index is 0.00136. The third kappa shape index (κ3) is 4.47. The van der Waals surface area contributed by atoms with Gasteiger partial charge in [-0.3, -0.25) is 4.79 Å². The number of aryl methyl sites for hydroxylation is 1. The molecule has 2 aliphatic heterocycles. The van der Waals surface area contributed by atoms with E-state index in [0.29, 0.717) is 5.56 Å². The van der Waals surface area contributed by atoms with Crippen LogP contribution in [0.3, 0.4) is 0 Å². The van der Waals surface area contributed by atoms with Crippen LogP contribution in [0, 0.1) is 6.92 Å². The largest absolute Gasteiger partial charge is 0.349 e. The standard InChI is InChI=1S/C28H34N4O/c1-18-6-7-20-15-21-12-13-32(25(21)30-24(20)14-18)23-10-8-19(9-11-23)26(33)29-22-16-27(2,3)31-28(4,5)17-22/h6-11,14-15,22,31H,12-13,16-17H2,1-5H3,(H,29,33). The predicted octanol–water partition coefficient (Wildman–Crippen LogP) is 5.28. The Bertz CT molecular complexity index is 1200. The maximum Gasteiger partial charge on any atom is 0.251 e. The smallest absolute Gasteiger partial charge is 0.251 e. The molecule has 0 saturated carbocycles. The quantitative estimate of drug-likeness (QED) is 0.580. The lowest BCUT2D eigenvalue weighted by Gasteiger charge is -2.46. The lowest BCUT2D eigenvalue weighted by Crippen LogP contribution is -2.62. The van der Waals surface area contributed by atoms with Crippen molar-refractivity contribution in [1.82, 2.24) is 15.6 Å². The van der Waals surface area contributed by atoms with Crippen LogP contribution in [0.1, 0.15) is 62.0 Å². The fourth-order valence-corrected chi connectivity index (χ4v) is 5.80. The van der Waals surface area contributed by atoms with Crippen LogP contribution in [-0.2, 0) is 6.42 Å². The number of hydrogen-bond acceptors (Lipinski definition) is 4. The van der Waals surface area contributed by atoms with Gasteiger partial charge < -0.3 is 15.5 Å². The molecule has 1 amide bonds. The van der Waals surface area contributed by atoms with Gasteiger partial charge in [-0.1, -0.05) is 12.1 Å². The summed E-state index contributed by atoms with van der Waals surface area (Å²) in [6, 6.07) is 16.8. The lowest BCUT2D eigenvalue weighted by atomic mass is 9.79. The van der Waals surface area contributed by atoms with Crippen molar-refractivity contribution in [3.63, 3.8) is 0 Å². The van der Waals surface area contributed by atoms with Crippen LogP contribution >= 0.6 is 0 Å². The molecule has 0 radical (unpaired) electrons. The van der Waals surface area contributed by atoms with E-state index >= 15 is 0 Å². The molecule has 0 spiro atoms. The lowest BCUT2D eigenvalue weighted by molar-refractivity contribution is 0.0873. The SMILES string of the molecule is Cc1ccc2cc3c(nc2c1)N(c1ccc(C(=O)NC2CC(C)(C)NC(C)(C)C2)cc1)CC3. The number of hydrogen-bond donors (Lipinski definition) is 2. The predicted molar refractivity (Wildman–Crippen MR) is 135 cm³/mol. The Kier molecular flexibility index (Phi) is 5.20. The number of pyridine rings is 1. The number of fused-ring (bicyclic) bond motifs is 2. The maximum absolute atomic E-state index is 13.0. The van der Waals surface area contributed by atoms with E-state index in [1.165, 1.54) is 16.5 Å². The normalized spacial score (nSPS) is 19.5. The maximum atomic E-state index is 13.0. The third-order valence-corrected chi connectivity index (χ3v) is 6.86. The molecule has 0 unspecified atom stereocenters. The van der Waals surface area contributed by atoms with E-state index < -0.39 is 0 Å². The molecule has 3 aromatic rings.